The van der Waals surface area contributed by atoms with Crippen LogP contribution in [0.4, 0.5) is 0 Å². The summed E-state index contributed by atoms with van der Waals surface area (Å²) >= 11 is 0. The highest BCUT2D eigenvalue weighted by Crippen LogP contribution is 2.51. The molecule has 0 unspecified atom stereocenters. The number of hydrogen-bond donors (Lipinski definition) is 0. The van der Waals surface area contributed by atoms with E-state index in [4.69, 9.17) is 0 Å². The molecule has 0 heteroatoms. The first kappa shape index (κ1) is 9.45. The highest BCUT2D eigenvalue weighted by molar-refractivity contribution is 5.26. The van der Waals surface area contributed by atoms with Crippen LogP contribution in [0, 0.1) is 11.8 Å². The predicted octanol–water partition coefficient (Wildman–Crippen LogP) is 4.15. The highest BCUT2D eigenvalue weighted by atomic mass is 14.5. The molecule has 15 heavy (non-hydrogen) atoms. The molecule has 0 heterocycles. The van der Waals surface area contributed by atoms with Gasteiger partial charge in [-0.25, -0.2) is 0 Å². The molecule has 0 spiro atoms. The maximum atomic E-state index is 2.48. The Bertz CT molecular complexity index is 326. The molecule has 2 aliphatic carbocycles. The van der Waals surface area contributed by atoms with Crippen molar-refractivity contribution in [1.82, 2.24) is 0 Å². The Morgan fingerprint density at radius 3 is 2.20 bits per heavy atom. The summed E-state index contributed by atoms with van der Waals surface area (Å²) in [5.74, 6) is 2.04. The van der Waals surface area contributed by atoms with Crippen LogP contribution in [0.25, 0.3) is 0 Å². The molecule has 0 saturated heterocycles. The molecule has 2 saturated carbocycles. The van der Waals surface area contributed by atoms with Crippen LogP contribution in [0.1, 0.15) is 44.6 Å². The molecule has 0 amide bonds. The van der Waals surface area contributed by atoms with Crippen molar-refractivity contribution >= 4 is 0 Å². The van der Waals surface area contributed by atoms with E-state index in [1.165, 1.54) is 32.1 Å². The summed E-state index contributed by atoms with van der Waals surface area (Å²) in [5.41, 5.74) is 2.05. The summed E-state index contributed by atoms with van der Waals surface area (Å²) in [6.45, 7) is 2.48. The lowest BCUT2D eigenvalue weighted by Crippen LogP contribution is -2.30. The molecule has 2 bridgehead atoms. The number of rotatable bonds is 1. The van der Waals surface area contributed by atoms with Crippen molar-refractivity contribution in [3.05, 3.63) is 35.9 Å². The standard InChI is InChI=1S/C15H20/c1-15(14-5-3-2-4-6-14)10-12-7-8-13(9-12)11-15/h2-6,12-13H,7-11H2,1H3/t12-,13-/m1/s1. The minimum absolute atomic E-state index is 0.478. The lowest BCUT2D eigenvalue weighted by atomic mass is 9.67. The van der Waals surface area contributed by atoms with E-state index in [0.29, 0.717) is 5.41 Å². The molecule has 0 radical (unpaired) electrons. The first-order chi connectivity index (χ1) is 7.26. The van der Waals surface area contributed by atoms with E-state index in [-0.39, 0.29) is 0 Å². The van der Waals surface area contributed by atoms with E-state index in [1.54, 1.807) is 5.56 Å². The van der Waals surface area contributed by atoms with Crippen molar-refractivity contribution in [3.8, 4) is 0 Å². The zero-order valence-electron chi connectivity index (χ0n) is 9.58. The van der Waals surface area contributed by atoms with E-state index in [9.17, 15) is 0 Å². The number of fused-ring (bicyclic) bond motifs is 2. The third-order valence-corrected chi connectivity index (χ3v) is 4.60. The van der Waals surface area contributed by atoms with Crippen LogP contribution in [-0.4, -0.2) is 0 Å². The molecule has 0 aliphatic heterocycles. The fourth-order valence-corrected chi connectivity index (χ4v) is 3.98. The molecular weight excluding hydrogens is 180 g/mol. The summed E-state index contributed by atoms with van der Waals surface area (Å²) in [6.07, 6.45) is 7.35. The Hall–Kier alpha value is -0.780. The quantitative estimate of drug-likeness (QED) is 0.638. The lowest BCUT2D eigenvalue weighted by Gasteiger charge is -2.38. The molecule has 1 aromatic carbocycles. The normalized spacial score (nSPS) is 39.3. The van der Waals surface area contributed by atoms with E-state index in [2.05, 4.69) is 37.3 Å². The molecule has 2 fully saturated rings. The van der Waals surface area contributed by atoms with Gasteiger partial charge in [-0.3, -0.25) is 0 Å². The Kier molecular flexibility index (Phi) is 2.12. The fourth-order valence-electron chi connectivity index (χ4n) is 3.98. The van der Waals surface area contributed by atoms with E-state index >= 15 is 0 Å². The van der Waals surface area contributed by atoms with Gasteiger partial charge in [0.05, 0.1) is 0 Å². The summed E-state index contributed by atoms with van der Waals surface area (Å²) in [6, 6.07) is 11.2. The molecule has 2 atom stereocenters. The van der Waals surface area contributed by atoms with Crippen LogP contribution in [0.3, 0.4) is 0 Å². The largest absolute Gasteiger partial charge is 0.0622 e. The monoisotopic (exact) mass is 200 g/mol. The first-order valence-corrected chi connectivity index (χ1v) is 6.32. The molecule has 1 aromatic rings. The second kappa shape index (κ2) is 3.37. The van der Waals surface area contributed by atoms with Crippen LogP contribution in [0.2, 0.25) is 0 Å². The smallest absolute Gasteiger partial charge is 0.00700 e. The maximum Gasteiger partial charge on any atom is -0.00700 e. The Morgan fingerprint density at radius 2 is 1.60 bits per heavy atom. The van der Waals surface area contributed by atoms with E-state index in [1.807, 2.05) is 0 Å². The molecule has 2 aliphatic rings. The Labute approximate surface area is 92.7 Å². The third-order valence-electron chi connectivity index (χ3n) is 4.60. The van der Waals surface area contributed by atoms with Gasteiger partial charge in [-0.2, -0.15) is 0 Å². The van der Waals surface area contributed by atoms with E-state index in [0.717, 1.165) is 11.8 Å². The van der Waals surface area contributed by atoms with Crippen molar-refractivity contribution in [3.63, 3.8) is 0 Å². The van der Waals surface area contributed by atoms with Gasteiger partial charge in [0.1, 0.15) is 0 Å². The minimum Gasteiger partial charge on any atom is -0.0622 e. The molecule has 3 rings (SSSR count). The van der Waals surface area contributed by atoms with Gasteiger partial charge in [-0.15, -0.1) is 0 Å². The highest BCUT2D eigenvalue weighted by Gasteiger charge is 2.41. The minimum atomic E-state index is 0.478. The molecular formula is C15H20. The Balaban J connectivity index is 1.91. The second-order valence-electron chi connectivity index (χ2n) is 5.88. The van der Waals surface area contributed by atoms with Crippen LogP contribution in [0.15, 0.2) is 30.3 Å². The van der Waals surface area contributed by atoms with Gasteiger partial charge in [-0.1, -0.05) is 50.1 Å². The molecule has 0 aromatic heterocycles. The molecule has 0 N–H and O–H groups in total. The van der Waals surface area contributed by atoms with Crippen molar-refractivity contribution < 1.29 is 0 Å². The zero-order valence-corrected chi connectivity index (χ0v) is 9.58. The van der Waals surface area contributed by atoms with Gasteiger partial charge >= 0.3 is 0 Å². The van der Waals surface area contributed by atoms with E-state index < -0.39 is 0 Å². The second-order valence-corrected chi connectivity index (χ2v) is 5.88. The molecule has 0 nitrogen and oxygen atoms in total. The summed E-state index contributed by atoms with van der Waals surface area (Å²) in [4.78, 5) is 0. The van der Waals surface area contributed by atoms with Crippen molar-refractivity contribution in [2.24, 2.45) is 11.8 Å². The third kappa shape index (κ3) is 1.60. The van der Waals surface area contributed by atoms with Gasteiger partial charge in [-0.05, 0) is 42.1 Å². The topological polar surface area (TPSA) is 0 Å². The number of hydrogen-bond acceptors (Lipinski definition) is 0. The summed E-state index contributed by atoms with van der Waals surface area (Å²) in [5, 5.41) is 0. The SMILES string of the molecule is CC1(c2ccccc2)C[C@@H]2CC[C@H](C2)C1. The number of benzene rings is 1. The predicted molar refractivity (Wildman–Crippen MR) is 63.9 cm³/mol. The van der Waals surface area contributed by atoms with Crippen LogP contribution in [0.5, 0.6) is 0 Å². The first-order valence-electron chi connectivity index (χ1n) is 6.32. The van der Waals surface area contributed by atoms with Crippen molar-refractivity contribution in [2.45, 2.75) is 44.4 Å². The molecule has 80 valence electrons. The van der Waals surface area contributed by atoms with Crippen LogP contribution < -0.4 is 0 Å². The van der Waals surface area contributed by atoms with Gasteiger partial charge in [0, 0.05) is 0 Å². The van der Waals surface area contributed by atoms with Gasteiger partial charge < -0.3 is 0 Å². The van der Waals surface area contributed by atoms with Crippen molar-refractivity contribution in [2.75, 3.05) is 0 Å². The summed E-state index contributed by atoms with van der Waals surface area (Å²) < 4.78 is 0. The van der Waals surface area contributed by atoms with Gasteiger partial charge in [0.15, 0.2) is 0 Å². The van der Waals surface area contributed by atoms with Crippen molar-refractivity contribution in [1.29, 1.82) is 0 Å². The van der Waals surface area contributed by atoms with Gasteiger partial charge in [0.2, 0.25) is 0 Å². The van der Waals surface area contributed by atoms with Crippen LogP contribution in [-0.2, 0) is 5.41 Å². The van der Waals surface area contributed by atoms with Gasteiger partial charge in [0.25, 0.3) is 0 Å². The average molecular weight is 200 g/mol. The lowest BCUT2D eigenvalue weighted by molar-refractivity contribution is 0.232. The Morgan fingerprint density at radius 1 is 1.00 bits per heavy atom. The maximum absolute atomic E-state index is 2.48. The van der Waals surface area contributed by atoms with Crippen LogP contribution >= 0.6 is 0 Å². The average Bonchev–Trinajstić information content (AvgIpc) is 2.60. The fraction of sp³-hybridized carbons (Fsp3) is 0.600. The zero-order chi connectivity index (χ0) is 10.3. The summed E-state index contributed by atoms with van der Waals surface area (Å²) in [7, 11) is 0.